The van der Waals surface area contributed by atoms with Gasteiger partial charge in [0, 0.05) is 11.1 Å². The number of hydrogen-bond donors (Lipinski definition) is 2. The van der Waals surface area contributed by atoms with Crippen molar-refractivity contribution in [2.24, 2.45) is 5.92 Å². The molecule has 0 aliphatic rings. The highest BCUT2D eigenvalue weighted by Crippen LogP contribution is 2.14. The number of aromatic nitrogens is 1. The summed E-state index contributed by atoms with van der Waals surface area (Å²) < 4.78 is 0. The minimum Gasteiger partial charge on any atom is -0.349 e. The highest BCUT2D eigenvalue weighted by molar-refractivity contribution is 7.81. The van der Waals surface area contributed by atoms with Crippen molar-refractivity contribution in [2.45, 2.75) is 39.0 Å². The number of nitrogens with zero attached hydrogens (tertiary/aromatic N) is 1. The number of amides is 1. The topological polar surface area (TPSA) is 42.0 Å². The second kappa shape index (κ2) is 6.25. The Morgan fingerprint density at radius 1 is 1.62 bits per heavy atom. The van der Waals surface area contributed by atoms with Gasteiger partial charge < -0.3 is 5.32 Å². The largest absolute Gasteiger partial charge is 0.349 e. The highest BCUT2D eigenvalue weighted by atomic mass is 32.1. The molecule has 1 unspecified atom stereocenters. The van der Waals surface area contributed by atoms with E-state index in [-0.39, 0.29) is 17.1 Å². The normalized spacial score (nSPS) is 12.8. The van der Waals surface area contributed by atoms with Gasteiger partial charge >= 0.3 is 0 Å². The summed E-state index contributed by atoms with van der Waals surface area (Å²) in [5, 5.41) is 3.56. The molecule has 1 N–H and O–H groups in total. The van der Waals surface area contributed by atoms with Gasteiger partial charge in [-0.1, -0.05) is 20.8 Å². The predicted molar refractivity (Wildman–Crippen MR) is 71.0 cm³/mol. The van der Waals surface area contributed by atoms with Crippen molar-refractivity contribution in [1.29, 1.82) is 0 Å². The molecule has 1 aromatic heterocycles. The highest BCUT2D eigenvalue weighted by Gasteiger charge is 2.17. The van der Waals surface area contributed by atoms with Crippen molar-refractivity contribution < 1.29 is 4.79 Å². The number of nitrogens with one attached hydrogen (secondary N) is 1. The number of rotatable bonds is 5. The molecular formula is C11H18N2OS2. The number of aryl methyl sites for hydroxylation is 1. The quantitative estimate of drug-likeness (QED) is 0.796. The van der Waals surface area contributed by atoms with E-state index in [1.54, 1.807) is 11.3 Å². The van der Waals surface area contributed by atoms with Crippen LogP contribution in [0.25, 0.3) is 0 Å². The summed E-state index contributed by atoms with van der Waals surface area (Å²) in [4.78, 5) is 17.1. The molecule has 0 spiro atoms. The number of thiazole rings is 1. The summed E-state index contributed by atoms with van der Waals surface area (Å²) in [6.07, 6.45) is 2.86. The summed E-state index contributed by atoms with van der Waals surface area (Å²) >= 11 is 5.91. The van der Waals surface area contributed by atoms with Gasteiger partial charge in [-0.2, -0.15) is 12.6 Å². The van der Waals surface area contributed by atoms with Crippen molar-refractivity contribution >= 4 is 29.9 Å². The molecule has 1 heterocycles. The molecule has 0 aliphatic heterocycles. The SMILES string of the molecule is CCc1cnc(CNC(=O)C(S)C(C)C)s1. The Morgan fingerprint density at radius 3 is 2.81 bits per heavy atom. The number of thiol groups is 1. The van der Waals surface area contributed by atoms with Crippen LogP contribution in [0.3, 0.4) is 0 Å². The second-order valence-corrected chi connectivity index (χ2v) is 5.74. The monoisotopic (exact) mass is 258 g/mol. The maximum Gasteiger partial charge on any atom is 0.233 e. The summed E-state index contributed by atoms with van der Waals surface area (Å²) in [6, 6.07) is 0. The zero-order valence-corrected chi connectivity index (χ0v) is 11.6. The van der Waals surface area contributed by atoms with Crippen LogP contribution in [-0.2, 0) is 17.8 Å². The van der Waals surface area contributed by atoms with E-state index in [0.717, 1.165) is 11.4 Å². The molecule has 0 fully saturated rings. The molecule has 0 bridgehead atoms. The number of carbonyl (C=O) groups excluding carboxylic acids is 1. The van der Waals surface area contributed by atoms with Crippen molar-refractivity contribution in [3.63, 3.8) is 0 Å². The smallest absolute Gasteiger partial charge is 0.233 e. The van der Waals surface area contributed by atoms with E-state index in [4.69, 9.17) is 0 Å². The van der Waals surface area contributed by atoms with Gasteiger partial charge in [-0.15, -0.1) is 11.3 Å². The molecule has 0 saturated heterocycles. The van der Waals surface area contributed by atoms with Crippen molar-refractivity contribution in [3.05, 3.63) is 16.1 Å². The van der Waals surface area contributed by atoms with Crippen LogP contribution in [0.1, 0.15) is 30.7 Å². The maximum atomic E-state index is 11.6. The van der Waals surface area contributed by atoms with E-state index in [2.05, 4.69) is 29.9 Å². The van der Waals surface area contributed by atoms with Crippen molar-refractivity contribution in [2.75, 3.05) is 0 Å². The molecule has 0 radical (unpaired) electrons. The Balaban J connectivity index is 2.42. The average Bonchev–Trinajstić information content (AvgIpc) is 2.72. The first-order valence-electron chi connectivity index (χ1n) is 5.44. The zero-order chi connectivity index (χ0) is 12.1. The lowest BCUT2D eigenvalue weighted by Gasteiger charge is -2.13. The van der Waals surface area contributed by atoms with Crippen molar-refractivity contribution in [3.8, 4) is 0 Å². The second-order valence-electron chi connectivity index (χ2n) is 3.98. The van der Waals surface area contributed by atoms with E-state index in [1.807, 2.05) is 20.0 Å². The zero-order valence-electron chi connectivity index (χ0n) is 9.86. The third kappa shape index (κ3) is 3.79. The minimum atomic E-state index is -0.245. The lowest BCUT2D eigenvalue weighted by Crippen LogP contribution is -2.33. The van der Waals surface area contributed by atoms with E-state index in [0.29, 0.717) is 6.54 Å². The standard InChI is InChI=1S/C11H18N2OS2/c1-4-8-5-12-9(16-8)6-13-11(14)10(15)7(2)3/h5,7,10,15H,4,6H2,1-3H3,(H,13,14). The van der Waals surface area contributed by atoms with Crippen LogP contribution in [0, 0.1) is 5.92 Å². The third-order valence-electron chi connectivity index (χ3n) is 2.26. The summed E-state index contributed by atoms with van der Waals surface area (Å²) in [5.41, 5.74) is 0. The van der Waals surface area contributed by atoms with Gasteiger partial charge in [-0.25, -0.2) is 4.98 Å². The van der Waals surface area contributed by atoms with Crippen molar-refractivity contribution in [1.82, 2.24) is 10.3 Å². The van der Waals surface area contributed by atoms with Crippen LogP contribution in [0.2, 0.25) is 0 Å². The third-order valence-corrected chi connectivity index (χ3v) is 4.24. The molecule has 1 amide bonds. The first-order valence-corrected chi connectivity index (χ1v) is 6.77. The first kappa shape index (κ1) is 13.5. The molecule has 0 aromatic carbocycles. The predicted octanol–water partition coefficient (Wildman–Crippen LogP) is 2.28. The molecule has 1 atom stereocenters. The van der Waals surface area contributed by atoms with Gasteiger partial charge in [0.05, 0.1) is 11.8 Å². The van der Waals surface area contributed by atoms with Crippen LogP contribution in [0.15, 0.2) is 6.20 Å². The molecule has 90 valence electrons. The Labute approximate surface area is 106 Å². The van der Waals surface area contributed by atoms with Crippen LogP contribution in [-0.4, -0.2) is 16.1 Å². The Kier molecular flexibility index (Phi) is 5.28. The first-order chi connectivity index (χ1) is 7.54. The Morgan fingerprint density at radius 2 is 2.31 bits per heavy atom. The lowest BCUT2D eigenvalue weighted by atomic mass is 10.1. The van der Waals surface area contributed by atoms with Crippen LogP contribution in [0.5, 0.6) is 0 Å². The van der Waals surface area contributed by atoms with Crippen LogP contribution >= 0.6 is 24.0 Å². The summed E-state index contributed by atoms with van der Waals surface area (Å²) in [7, 11) is 0. The molecular weight excluding hydrogens is 240 g/mol. The van der Waals surface area contributed by atoms with Gasteiger partial charge in [0.1, 0.15) is 5.01 Å². The molecule has 0 saturated carbocycles. The molecule has 5 heteroatoms. The fraction of sp³-hybridized carbons (Fsp3) is 0.636. The van der Waals surface area contributed by atoms with Crippen LogP contribution < -0.4 is 5.32 Å². The minimum absolute atomic E-state index is 0.0217. The molecule has 3 nitrogen and oxygen atoms in total. The molecule has 0 aliphatic carbocycles. The van der Waals surface area contributed by atoms with E-state index < -0.39 is 0 Å². The molecule has 1 aromatic rings. The lowest BCUT2D eigenvalue weighted by molar-refractivity contribution is -0.121. The van der Waals surface area contributed by atoms with Crippen LogP contribution in [0.4, 0.5) is 0 Å². The molecule has 1 rings (SSSR count). The Hall–Kier alpha value is -0.550. The summed E-state index contributed by atoms with van der Waals surface area (Å²) in [5.74, 6) is 0.220. The number of carbonyl (C=O) groups is 1. The summed E-state index contributed by atoms with van der Waals surface area (Å²) in [6.45, 7) is 6.57. The Bertz CT molecular complexity index is 350. The van der Waals surface area contributed by atoms with Gasteiger partial charge in [0.15, 0.2) is 0 Å². The fourth-order valence-electron chi connectivity index (χ4n) is 1.16. The number of hydrogen-bond acceptors (Lipinski definition) is 4. The van der Waals surface area contributed by atoms with Gasteiger partial charge in [0.2, 0.25) is 5.91 Å². The average molecular weight is 258 g/mol. The van der Waals surface area contributed by atoms with Gasteiger partial charge in [0.25, 0.3) is 0 Å². The van der Waals surface area contributed by atoms with Gasteiger partial charge in [-0.3, -0.25) is 4.79 Å². The molecule has 16 heavy (non-hydrogen) atoms. The van der Waals surface area contributed by atoms with E-state index in [9.17, 15) is 4.79 Å². The maximum absolute atomic E-state index is 11.6. The fourth-order valence-corrected chi connectivity index (χ4v) is 2.06. The van der Waals surface area contributed by atoms with E-state index >= 15 is 0 Å². The van der Waals surface area contributed by atoms with Gasteiger partial charge in [-0.05, 0) is 12.3 Å². The van der Waals surface area contributed by atoms with E-state index in [1.165, 1.54) is 4.88 Å².